The van der Waals surface area contributed by atoms with Crippen molar-refractivity contribution in [2.75, 3.05) is 4.90 Å². The molecule has 0 unspecified atom stereocenters. The average Bonchev–Trinajstić information content (AvgIpc) is 3.35. The van der Waals surface area contributed by atoms with Gasteiger partial charge < -0.3 is 19.9 Å². The van der Waals surface area contributed by atoms with E-state index in [0.717, 1.165) is 34.9 Å². The SMILES string of the molecule is CCc1ccc(N2C(=S)N[C@@H](c3ccccn3)[C@H]2c2cc(C)n(-c3ccc(O)cc3)c2C)cc1. The molecule has 5 nitrogen and oxygen atoms in total. The zero-order valence-corrected chi connectivity index (χ0v) is 20.4. The Bertz CT molecular complexity index is 1310. The number of phenolic OH excluding ortho intramolecular Hbond substituents is 1. The van der Waals surface area contributed by atoms with Gasteiger partial charge in [-0.3, -0.25) is 4.98 Å². The highest BCUT2D eigenvalue weighted by Crippen LogP contribution is 2.43. The van der Waals surface area contributed by atoms with Crippen LogP contribution in [0.1, 0.15) is 47.2 Å². The first-order chi connectivity index (χ1) is 16.5. The van der Waals surface area contributed by atoms with Crippen molar-refractivity contribution >= 4 is 23.0 Å². The minimum absolute atomic E-state index is 0.0630. The molecule has 34 heavy (non-hydrogen) atoms. The number of benzene rings is 2. The van der Waals surface area contributed by atoms with Gasteiger partial charge in [0.1, 0.15) is 5.75 Å². The van der Waals surface area contributed by atoms with Crippen molar-refractivity contribution in [1.82, 2.24) is 14.9 Å². The highest BCUT2D eigenvalue weighted by atomic mass is 32.1. The van der Waals surface area contributed by atoms with Gasteiger partial charge in [0, 0.05) is 29.0 Å². The summed E-state index contributed by atoms with van der Waals surface area (Å²) in [7, 11) is 0. The fraction of sp³-hybridized carbons (Fsp3) is 0.214. The monoisotopic (exact) mass is 468 g/mol. The molecule has 1 aliphatic rings. The van der Waals surface area contributed by atoms with Crippen LogP contribution in [0.3, 0.4) is 0 Å². The molecule has 5 rings (SSSR count). The second-order valence-electron chi connectivity index (χ2n) is 8.69. The van der Waals surface area contributed by atoms with Crippen LogP contribution in [0.2, 0.25) is 0 Å². The Kier molecular flexibility index (Phi) is 5.84. The summed E-state index contributed by atoms with van der Waals surface area (Å²) in [5.41, 5.74) is 7.77. The summed E-state index contributed by atoms with van der Waals surface area (Å²) < 4.78 is 2.23. The molecule has 0 amide bonds. The van der Waals surface area contributed by atoms with Gasteiger partial charge in [0.25, 0.3) is 0 Å². The summed E-state index contributed by atoms with van der Waals surface area (Å²) in [4.78, 5) is 6.89. The van der Waals surface area contributed by atoms with Gasteiger partial charge in [0.15, 0.2) is 5.11 Å². The third-order valence-corrected chi connectivity index (χ3v) is 6.93. The zero-order chi connectivity index (χ0) is 23.8. The van der Waals surface area contributed by atoms with Gasteiger partial charge >= 0.3 is 0 Å². The number of phenols is 1. The van der Waals surface area contributed by atoms with Crippen LogP contribution >= 0.6 is 12.2 Å². The number of nitrogens with one attached hydrogen (secondary N) is 1. The Hall–Kier alpha value is -3.64. The Morgan fingerprint density at radius 1 is 0.971 bits per heavy atom. The van der Waals surface area contributed by atoms with Gasteiger partial charge in [-0.2, -0.15) is 0 Å². The number of nitrogens with zero attached hydrogens (tertiary/aromatic N) is 3. The summed E-state index contributed by atoms with van der Waals surface area (Å²) in [6.45, 7) is 6.42. The molecule has 2 atom stereocenters. The van der Waals surface area contributed by atoms with Crippen molar-refractivity contribution in [2.45, 2.75) is 39.3 Å². The number of rotatable bonds is 5. The van der Waals surface area contributed by atoms with Gasteiger partial charge in [-0.15, -0.1) is 0 Å². The summed E-state index contributed by atoms with van der Waals surface area (Å²) in [6.07, 6.45) is 2.83. The van der Waals surface area contributed by atoms with Crippen LogP contribution in [-0.2, 0) is 6.42 Å². The van der Waals surface area contributed by atoms with Crippen LogP contribution in [0.4, 0.5) is 5.69 Å². The second-order valence-corrected chi connectivity index (χ2v) is 9.08. The van der Waals surface area contributed by atoms with E-state index in [9.17, 15) is 5.11 Å². The van der Waals surface area contributed by atoms with Crippen molar-refractivity contribution in [3.05, 3.63) is 107 Å². The molecule has 0 saturated carbocycles. The second kappa shape index (κ2) is 8.95. The fourth-order valence-corrected chi connectivity index (χ4v) is 5.27. The molecule has 1 fully saturated rings. The molecule has 2 aromatic carbocycles. The minimum atomic E-state index is -0.0895. The first kappa shape index (κ1) is 22.2. The lowest BCUT2D eigenvalue weighted by molar-refractivity contribution is 0.475. The summed E-state index contributed by atoms with van der Waals surface area (Å²) in [5.74, 6) is 0.258. The zero-order valence-electron chi connectivity index (χ0n) is 19.6. The van der Waals surface area contributed by atoms with Crippen LogP contribution in [0, 0.1) is 13.8 Å². The molecule has 3 heterocycles. The van der Waals surface area contributed by atoms with Gasteiger partial charge in [-0.05, 0) is 98.2 Å². The number of anilines is 1. The average molecular weight is 469 g/mol. The highest BCUT2D eigenvalue weighted by Gasteiger charge is 2.42. The lowest BCUT2D eigenvalue weighted by Gasteiger charge is -2.28. The predicted octanol–water partition coefficient (Wildman–Crippen LogP) is 5.93. The molecule has 0 radical (unpaired) electrons. The van der Waals surface area contributed by atoms with Crippen molar-refractivity contribution in [3.63, 3.8) is 0 Å². The van der Waals surface area contributed by atoms with Gasteiger partial charge in [-0.1, -0.05) is 25.1 Å². The molecule has 172 valence electrons. The van der Waals surface area contributed by atoms with Gasteiger partial charge in [0.05, 0.1) is 17.8 Å². The van der Waals surface area contributed by atoms with Crippen molar-refractivity contribution in [3.8, 4) is 11.4 Å². The Morgan fingerprint density at radius 3 is 2.32 bits per heavy atom. The molecule has 0 aliphatic carbocycles. The van der Waals surface area contributed by atoms with Gasteiger partial charge in [-0.25, -0.2) is 0 Å². The molecule has 0 bridgehead atoms. The largest absolute Gasteiger partial charge is 0.508 e. The van der Waals surface area contributed by atoms with E-state index in [-0.39, 0.29) is 17.8 Å². The Balaban J connectivity index is 1.66. The molecular weight excluding hydrogens is 440 g/mol. The van der Waals surface area contributed by atoms with E-state index in [1.54, 1.807) is 12.1 Å². The summed E-state index contributed by atoms with van der Waals surface area (Å²) in [5, 5.41) is 14.0. The molecule has 1 aliphatic heterocycles. The Labute approximate surface area is 205 Å². The van der Waals surface area contributed by atoms with Crippen LogP contribution in [0.15, 0.2) is 79.0 Å². The molecule has 0 spiro atoms. The topological polar surface area (TPSA) is 53.3 Å². The van der Waals surface area contributed by atoms with E-state index in [1.807, 2.05) is 30.5 Å². The normalized spacial score (nSPS) is 17.7. The van der Waals surface area contributed by atoms with Gasteiger partial charge in [0.2, 0.25) is 0 Å². The van der Waals surface area contributed by atoms with Crippen LogP contribution in [0.5, 0.6) is 5.75 Å². The van der Waals surface area contributed by atoms with Crippen LogP contribution in [-0.4, -0.2) is 19.8 Å². The number of aryl methyl sites for hydroxylation is 2. The van der Waals surface area contributed by atoms with Crippen molar-refractivity contribution in [2.24, 2.45) is 0 Å². The number of hydrogen-bond donors (Lipinski definition) is 2. The highest BCUT2D eigenvalue weighted by molar-refractivity contribution is 7.80. The van der Waals surface area contributed by atoms with E-state index in [4.69, 9.17) is 12.2 Å². The first-order valence-electron chi connectivity index (χ1n) is 11.6. The van der Waals surface area contributed by atoms with E-state index >= 15 is 0 Å². The lowest BCUT2D eigenvalue weighted by Crippen LogP contribution is -2.29. The van der Waals surface area contributed by atoms with Crippen molar-refractivity contribution in [1.29, 1.82) is 0 Å². The summed E-state index contributed by atoms with van der Waals surface area (Å²) in [6, 6.07) is 24.1. The van der Waals surface area contributed by atoms with Crippen molar-refractivity contribution < 1.29 is 5.11 Å². The smallest absolute Gasteiger partial charge is 0.174 e. The van der Waals surface area contributed by atoms with E-state index in [0.29, 0.717) is 5.11 Å². The molecule has 1 saturated heterocycles. The molecule has 2 N–H and O–H groups in total. The fourth-order valence-electron chi connectivity index (χ4n) is 4.93. The van der Waals surface area contributed by atoms with E-state index in [1.165, 1.54) is 11.1 Å². The number of hydrogen-bond acceptors (Lipinski definition) is 3. The maximum absolute atomic E-state index is 9.76. The number of aromatic nitrogens is 2. The number of aromatic hydroxyl groups is 1. The Morgan fingerprint density at radius 2 is 1.68 bits per heavy atom. The van der Waals surface area contributed by atoms with Crippen LogP contribution < -0.4 is 10.2 Å². The first-order valence-corrected chi connectivity index (χ1v) is 12.0. The maximum Gasteiger partial charge on any atom is 0.174 e. The minimum Gasteiger partial charge on any atom is -0.508 e. The van der Waals surface area contributed by atoms with E-state index in [2.05, 4.69) is 76.9 Å². The molecule has 4 aromatic rings. The number of pyridine rings is 1. The molecular formula is C28H28N4OS. The third-order valence-electron chi connectivity index (χ3n) is 6.62. The third kappa shape index (κ3) is 3.84. The van der Waals surface area contributed by atoms with E-state index < -0.39 is 0 Å². The predicted molar refractivity (Wildman–Crippen MR) is 141 cm³/mol. The standard InChI is InChI=1S/C28H28N4OS/c1-4-20-8-10-22(11-9-20)32-27(26(30-28(32)34)25-7-5-6-16-29-25)24-17-18(2)31(19(24)3)21-12-14-23(33)15-13-21/h5-17,26-27,33H,4H2,1-3H3,(H,30,34)/t26-,27+/m0/s1. The number of thiocarbonyl (C=S) groups is 1. The quantitative estimate of drug-likeness (QED) is 0.355. The molecule has 2 aromatic heterocycles. The lowest BCUT2D eigenvalue weighted by atomic mass is 9.96. The maximum atomic E-state index is 9.76. The van der Waals surface area contributed by atoms with Crippen LogP contribution in [0.25, 0.3) is 5.69 Å². The molecule has 6 heteroatoms. The summed E-state index contributed by atoms with van der Waals surface area (Å²) >= 11 is 5.88.